The summed E-state index contributed by atoms with van der Waals surface area (Å²) in [7, 11) is 2.03. The van der Waals surface area contributed by atoms with Crippen LogP contribution >= 0.6 is 12.6 Å². The van der Waals surface area contributed by atoms with Gasteiger partial charge in [-0.05, 0) is 38.1 Å². The highest BCUT2D eigenvalue weighted by molar-refractivity contribution is 7.80. The average molecular weight is 266 g/mol. The Morgan fingerprint density at radius 3 is 3.00 bits per heavy atom. The zero-order valence-electron chi connectivity index (χ0n) is 10.6. The van der Waals surface area contributed by atoms with Crippen LogP contribution in [0.25, 0.3) is 0 Å². The Hall–Kier alpha value is -1.20. The number of amides is 1. The van der Waals surface area contributed by atoms with Gasteiger partial charge < -0.3 is 10.1 Å². The van der Waals surface area contributed by atoms with Gasteiger partial charge in [0, 0.05) is 12.4 Å². The number of likely N-dealkylation sites (N-methyl/N-ethyl adjacent to an activating group) is 1. The second kappa shape index (κ2) is 5.63. The highest BCUT2D eigenvalue weighted by Gasteiger charge is 2.23. The Morgan fingerprint density at radius 1 is 1.50 bits per heavy atom. The topological polar surface area (TPSA) is 41.6 Å². The van der Waals surface area contributed by atoms with E-state index >= 15 is 0 Å². The number of rotatable bonds is 4. The van der Waals surface area contributed by atoms with Crippen molar-refractivity contribution in [2.24, 2.45) is 0 Å². The maximum absolute atomic E-state index is 11.5. The number of fused-ring (bicyclic) bond motifs is 1. The standard InChI is InChI=1S/C13H18N2O2S/c1-9-13(16)14-11-7-10(3-4-12(11)17-9)5-6-15(2)8-18/h3-4,7,9,18H,5-6,8H2,1-2H3,(H,14,16). The maximum Gasteiger partial charge on any atom is 0.265 e. The molecule has 0 aromatic heterocycles. The Bertz CT molecular complexity index is 451. The minimum Gasteiger partial charge on any atom is -0.479 e. The Labute approximate surface area is 113 Å². The van der Waals surface area contributed by atoms with Crippen LogP contribution in [0.2, 0.25) is 0 Å². The van der Waals surface area contributed by atoms with E-state index in [2.05, 4.69) is 22.8 Å². The summed E-state index contributed by atoms with van der Waals surface area (Å²) >= 11 is 4.21. The molecule has 1 atom stereocenters. The maximum atomic E-state index is 11.5. The number of carbonyl (C=O) groups is 1. The number of ether oxygens (including phenoxy) is 1. The fourth-order valence-electron chi connectivity index (χ4n) is 1.80. The molecule has 1 aliphatic rings. The van der Waals surface area contributed by atoms with Crippen LogP contribution in [0.4, 0.5) is 5.69 Å². The van der Waals surface area contributed by atoms with Crippen molar-refractivity contribution in [3.63, 3.8) is 0 Å². The van der Waals surface area contributed by atoms with Crippen molar-refractivity contribution in [2.45, 2.75) is 19.4 Å². The summed E-state index contributed by atoms with van der Waals surface area (Å²) in [5.74, 6) is 1.39. The Balaban J connectivity index is 2.08. The zero-order valence-corrected chi connectivity index (χ0v) is 11.5. The third-order valence-electron chi connectivity index (χ3n) is 3.00. The summed E-state index contributed by atoms with van der Waals surface area (Å²) < 4.78 is 5.51. The van der Waals surface area contributed by atoms with Gasteiger partial charge in [-0.2, -0.15) is 12.6 Å². The van der Waals surface area contributed by atoms with Crippen LogP contribution < -0.4 is 10.1 Å². The van der Waals surface area contributed by atoms with E-state index in [1.54, 1.807) is 6.92 Å². The molecule has 98 valence electrons. The van der Waals surface area contributed by atoms with Gasteiger partial charge in [0.25, 0.3) is 5.91 Å². The third kappa shape index (κ3) is 2.97. The second-order valence-electron chi connectivity index (χ2n) is 4.55. The summed E-state index contributed by atoms with van der Waals surface area (Å²) in [5.41, 5.74) is 1.95. The molecule has 4 nitrogen and oxygen atoms in total. The number of nitrogens with one attached hydrogen (secondary N) is 1. The van der Waals surface area contributed by atoms with E-state index in [0.717, 1.165) is 30.3 Å². The van der Waals surface area contributed by atoms with Crippen LogP contribution in [0, 0.1) is 0 Å². The number of hydrogen-bond donors (Lipinski definition) is 2. The minimum atomic E-state index is -0.418. The largest absolute Gasteiger partial charge is 0.479 e. The van der Waals surface area contributed by atoms with Crippen LogP contribution in [-0.2, 0) is 11.2 Å². The van der Waals surface area contributed by atoms with Gasteiger partial charge in [0.1, 0.15) is 5.75 Å². The van der Waals surface area contributed by atoms with E-state index in [-0.39, 0.29) is 5.91 Å². The van der Waals surface area contributed by atoms with Gasteiger partial charge in [-0.25, -0.2) is 0 Å². The van der Waals surface area contributed by atoms with E-state index in [1.807, 2.05) is 25.2 Å². The molecule has 1 unspecified atom stereocenters. The molecule has 1 aromatic carbocycles. The average Bonchev–Trinajstić information content (AvgIpc) is 2.37. The molecule has 5 heteroatoms. The molecule has 2 rings (SSSR count). The summed E-state index contributed by atoms with van der Waals surface area (Å²) in [5, 5.41) is 2.86. The SMILES string of the molecule is CC1Oc2ccc(CCN(C)CS)cc2NC1=O. The molecule has 0 aliphatic carbocycles. The summed E-state index contributed by atoms with van der Waals surface area (Å²) in [4.78, 5) is 13.7. The number of anilines is 1. The molecular formula is C13H18N2O2S. The second-order valence-corrected chi connectivity index (χ2v) is 4.83. The normalized spacial score (nSPS) is 18.2. The van der Waals surface area contributed by atoms with E-state index in [9.17, 15) is 4.79 Å². The zero-order chi connectivity index (χ0) is 13.1. The predicted octanol–water partition coefficient (Wildman–Crippen LogP) is 1.77. The first-order valence-electron chi connectivity index (χ1n) is 6.00. The molecule has 0 fully saturated rings. The lowest BCUT2D eigenvalue weighted by Gasteiger charge is -2.24. The van der Waals surface area contributed by atoms with Crippen LogP contribution in [0.1, 0.15) is 12.5 Å². The van der Waals surface area contributed by atoms with E-state index < -0.39 is 6.10 Å². The fraction of sp³-hybridized carbons (Fsp3) is 0.462. The van der Waals surface area contributed by atoms with Crippen molar-refractivity contribution in [3.05, 3.63) is 23.8 Å². The minimum absolute atomic E-state index is 0.0906. The molecule has 1 aliphatic heterocycles. The van der Waals surface area contributed by atoms with Crippen molar-refractivity contribution in [1.29, 1.82) is 0 Å². The molecule has 0 bridgehead atoms. The quantitative estimate of drug-likeness (QED) is 0.644. The highest BCUT2D eigenvalue weighted by Crippen LogP contribution is 2.30. The molecular weight excluding hydrogens is 248 g/mol. The molecule has 0 saturated heterocycles. The Morgan fingerprint density at radius 2 is 2.28 bits per heavy atom. The van der Waals surface area contributed by atoms with Crippen LogP contribution in [0.3, 0.4) is 0 Å². The monoisotopic (exact) mass is 266 g/mol. The van der Waals surface area contributed by atoms with Gasteiger partial charge in [-0.3, -0.25) is 9.69 Å². The number of benzene rings is 1. The van der Waals surface area contributed by atoms with Gasteiger partial charge >= 0.3 is 0 Å². The van der Waals surface area contributed by atoms with Crippen molar-refractivity contribution in [3.8, 4) is 5.75 Å². The van der Waals surface area contributed by atoms with Crippen molar-refractivity contribution >= 4 is 24.2 Å². The van der Waals surface area contributed by atoms with Crippen molar-refractivity contribution in [2.75, 3.05) is 24.8 Å². The van der Waals surface area contributed by atoms with Crippen molar-refractivity contribution in [1.82, 2.24) is 4.90 Å². The number of nitrogens with zero attached hydrogens (tertiary/aromatic N) is 1. The molecule has 1 amide bonds. The number of hydrogen-bond acceptors (Lipinski definition) is 4. The predicted molar refractivity (Wildman–Crippen MR) is 75.3 cm³/mol. The van der Waals surface area contributed by atoms with E-state index in [0.29, 0.717) is 0 Å². The van der Waals surface area contributed by atoms with Crippen LogP contribution in [0.15, 0.2) is 18.2 Å². The first-order valence-corrected chi connectivity index (χ1v) is 6.63. The van der Waals surface area contributed by atoms with Gasteiger partial charge in [-0.15, -0.1) is 0 Å². The van der Waals surface area contributed by atoms with Crippen LogP contribution in [0.5, 0.6) is 5.75 Å². The molecule has 18 heavy (non-hydrogen) atoms. The molecule has 1 heterocycles. The van der Waals surface area contributed by atoms with Crippen LogP contribution in [-0.4, -0.2) is 36.4 Å². The Kier molecular flexibility index (Phi) is 4.14. The summed E-state index contributed by atoms with van der Waals surface area (Å²) in [6.07, 6.45) is 0.508. The van der Waals surface area contributed by atoms with Crippen molar-refractivity contribution < 1.29 is 9.53 Å². The summed E-state index contributed by atoms with van der Waals surface area (Å²) in [6.45, 7) is 2.68. The molecule has 1 aromatic rings. The molecule has 0 radical (unpaired) electrons. The lowest BCUT2D eigenvalue weighted by molar-refractivity contribution is -0.122. The smallest absolute Gasteiger partial charge is 0.265 e. The van der Waals surface area contributed by atoms with E-state index in [4.69, 9.17) is 4.74 Å². The molecule has 0 saturated carbocycles. The van der Waals surface area contributed by atoms with Gasteiger partial charge in [0.05, 0.1) is 5.69 Å². The first kappa shape index (κ1) is 13.2. The number of carbonyl (C=O) groups excluding carboxylic acids is 1. The molecule has 0 spiro atoms. The van der Waals surface area contributed by atoms with E-state index in [1.165, 1.54) is 5.56 Å². The lowest BCUT2D eigenvalue weighted by atomic mass is 10.1. The third-order valence-corrected chi connectivity index (χ3v) is 3.48. The first-order chi connectivity index (χ1) is 8.60. The molecule has 1 N–H and O–H groups in total. The summed E-state index contributed by atoms with van der Waals surface area (Å²) in [6, 6.07) is 5.93. The van der Waals surface area contributed by atoms with Gasteiger partial charge in [0.15, 0.2) is 6.10 Å². The highest BCUT2D eigenvalue weighted by atomic mass is 32.1. The van der Waals surface area contributed by atoms with Gasteiger partial charge in [0.2, 0.25) is 0 Å². The fourth-order valence-corrected chi connectivity index (χ4v) is 1.94. The number of thiol groups is 1. The lowest BCUT2D eigenvalue weighted by Crippen LogP contribution is -2.34. The van der Waals surface area contributed by atoms with Gasteiger partial charge in [-0.1, -0.05) is 6.07 Å².